The number of thioether (sulfide) groups is 1. The molecule has 0 radical (unpaired) electrons. The van der Waals surface area contributed by atoms with Crippen LogP contribution in [0.5, 0.6) is 0 Å². The molecule has 1 atom stereocenters. The molecule has 1 aliphatic rings. The Labute approximate surface area is 248 Å². The van der Waals surface area contributed by atoms with E-state index >= 15 is 0 Å². The number of rotatable bonds is 9. The fourth-order valence-electron chi connectivity index (χ4n) is 4.08. The highest BCUT2D eigenvalue weighted by Crippen LogP contribution is 2.35. The average molecular weight is 632 g/mol. The molecule has 2 aromatic rings. The number of carboxylic acids is 1. The van der Waals surface area contributed by atoms with Crippen molar-refractivity contribution >= 4 is 64.7 Å². The highest BCUT2D eigenvalue weighted by molar-refractivity contribution is 7.98. The van der Waals surface area contributed by atoms with Crippen molar-refractivity contribution in [3.8, 4) is 0 Å². The number of carbonyl (C=O) groups excluding carboxylic acids is 3. The predicted octanol–water partition coefficient (Wildman–Crippen LogP) is 4.99. The lowest BCUT2D eigenvalue weighted by molar-refractivity contribution is -0.142. The zero-order chi connectivity index (χ0) is 30.3. The van der Waals surface area contributed by atoms with Crippen LogP contribution in [0, 0.1) is 5.92 Å². The van der Waals surface area contributed by atoms with Crippen LogP contribution < -0.4 is 10.6 Å². The normalized spacial score (nSPS) is 15.0. The number of halogens is 5. The van der Waals surface area contributed by atoms with E-state index in [2.05, 4.69) is 10.6 Å². The summed E-state index contributed by atoms with van der Waals surface area (Å²) >= 11 is 14.0. The first-order valence-electron chi connectivity index (χ1n) is 12.3. The van der Waals surface area contributed by atoms with E-state index in [0.717, 1.165) is 23.1 Å². The molecule has 0 unspecified atom stereocenters. The molecule has 1 saturated heterocycles. The molecule has 41 heavy (non-hydrogen) atoms. The first-order valence-corrected chi connectivity index (χ1v) is 14.3. The first-order chi connectivity index (χ1) is 19.3. The van der Waals surface area contributed by atoms with Crippen molar-refractivity contribution in [1.82, 2.24) is 15.5 Å². The number of piperidine rings is 1. The van der Waals surface area contributed by atoms with Crippen LogP contribution in [0.25, 0.3) is 6.08 Å². The Kier molecular flexibility index (Phi) is 11.1. The number of hydrogen-bond donors (Lipinski definition) is 3. The number of nitrogens with zero attached hydrogens (tertiary/aromatic N) is 1. The van der Waals surface area contributed by atoms with E-state index in [1.165, 1.54) is 17.8 Å². The Hall–Kier alpha value is -3.22. The Morgan fingerprint density at radius 1 is 1.12 bits per heavy atom. The summed E-state index contributed by atoms with van der Waals surface area (Å²) in [6.07, 6.45) is 0.707. The van der Waals surface area contributed by atoms with Gasteiger partial charge in [0, 0.05) is 42.1 Å². The zero-order valence-electron chi connectivity index (χ0n) is 21.6. The number of carboxylic acid groups (broad SMARTS) is 1. The standard InChI is InChI=1S/C27H26Cl2F3N3O5S/c1-41-20-7-5-15(22(28)23(20)29)6-8-21(36)35-11-9-16(10-12-35)25(38)34-19(26(39)40)14-33-24(37)17-3-2-4-18(13-17)27(30,31)32/h2-8,13,16,19H,9-12,14H2,1H3,(H,33,37)(H,34,38)(H,39,40)/t19-/m0/s1. The molecule has 1 aliphatic heterocycles. The molecule has 1 fully saturated rings. The maximum Gasteiger partial charge on any atom is 0.416 e. The minimum absolute atomic E-state index is 0.255. The number of aliphatic carboxylic acids is 1. The van der Waals surface area contributed by atoms with Gasteiger partial charge in [-0.05, 0) is 55.0 Å². The summed E-state index contributed by atoms with van der Waals surface area (Å²) in [5.74, 6) is -3.77. The second kappa shape index (κ2) is 14.1. The van der Waals surface area contributed by atoms with E-state index in [-0.39, 0.29) is 37.4 Å². The van der Waals surface area contributed by atoms with Crippen LogP contribution >= 0.6 is 35.0 Å². The summed E-state index contributed by atoms with van der Waals surface area (Å²) < 4.78 is 38.7. The molecule has 3 rings (SSSR count). The van der Waals surface area contributed by atoms with Crippen LogP contribution in [0.1, 0.15) is 34.3 Å². The molecule has 0 saturated carbocycles. The van der Waals surface area contributed by atoms with Crippen LogP contribution in [-0.4, -0.2) is 65.6 Å². The number of benzene rings is 2. The van der Waals surface area contributed by atoms with Gasteiger partial charge >= 0.3 is 12.1 Å². The summed E-state index contributed by atoms with van der Waals surface area (Å²) in [4.78, 5) is 51.7. The largest absolute Gasteiger partial charge is 0.480 e. The number of hydrogen-bond acceptors (Lipinski definition) is 5. The topological polar surface area (TPSA) is 116 Å². The van der Waals surface area contributed by atoms with Gasteiger partial charge in [0.25, 0.3) is 5.91 Å². The molecule has 3 amide bonds. The van der Waals surface area contributed by atoms with Crippen LogP contribution in [-0.2, 0) is 20.6 Å². The third-order valence-electron chi connectivity index (χ3n) is 6.41. The van der Waals surface area contributed by atoms with Gasteiger partial charge in [-0.15, -0.1) is 11.8 Å². The van der Waals surface area contributed by atoms with Crippen molar-refractivity contribution in [2.24, 2.45) is 5.92 Å². The van der Waals surface area contributed by atoms with Crippen molar-refractivity contribution in [2.75, 3.05) is 25.9 Å². The molecule has 0 aliphatic carbocycles. The number of amides is 3. The second-order valence-electron chi connectivity index (χ2n) is 9.11. The molecule has 14 heteroatoms. The molecule has 1 heterocycles. The minimum atomic E-state index is -4.65. The molecule has 8 nitrogen and oxygen atoms in total. The van der Waals surface area contributed by atoms with Gasteiger partial charge in [-0.25, -0.2) is 4.79 Å². The fraction of sp³-hybridized carbons (Fsp3) is 0.333. The number of nitrogens with one attached hydrogen (secondary N) is 2. The molecule has 0 spiro atoms. The summed E-state index contributed by atoms with van der Waals surface area (Å²) in [5.41, 5.74) is -0.743. The van der Waals surface area contributed by atoms with Crippen molar-refractivity contribution in [1.29, 1.82) is 0 Å². The van der Waals surface area contributed by atoms with Gasteiger partial charge in [-0.1, -0.05) is 35.3 Å². The maximum absolute atomic E-state index is 12.9. The second-order valence-corrected chi connectivity index (χ2v) is 10.7. The van der Waals surface area contributed by atoms with E-state index in [4.69, 9.17) is 23.2 Å². The molecular weight excluding hydrogens is 606 g/mol. The average Bonchev–Trinajstić information content (AvgIpc) is 2.95. The van der Waals surface area contributed by atoms with Crippen LogP contribution in [0.4, 0.5) is 13.2 Å². The van der Waals surface area contributed by atoms with Crippen molar-refractivity contribution < 1.29 is 37.5 Å². The Morgan fingerprint density at radius 2 is 1.80 bits per heavy atom. The smallest absolute Gasteiger partial charge is 0.416 e. The van der Waals surface area contributed by atoms with Crippen LogP contribution in [0.2, 0.25) is 10.0 Å². The first kappa shape index (κ1) is 32.3. The lowest BCUT2D eigenvalue weighted by atomic mass is 9.95. The van der Waals surface area contributed by atoms with Crippen molar-refractivity contribution in [2.45, 2.75) is 30.0 Å². The van der Waals surface area contributed by atoms with Gasteiger partial charge in [0.15, 0.2) is 0 Å². The number of carbonyl (C=O) groups is 4. The van der Waals surface area contributed by atoms with E-state index in [9.17, 15) is 37.5 Å². The minimum Gasteiger partial charge on any atom is -0.480 e. The fourth-order valence-corrected chi connectivity index (χ4v) is 5.26. The van der Waals surface area contributed by atoms with Gasteiger partial charge < -0.3 is 20.6 Å². The van der Waals surface area contributed by atoms with E-state index in [1.807, 2.05) is 6.26 Å². The molecular formula is C27H26Cl2F3N3O5S. The third-order valence-corrected chi connectivity index (χ3v) is 8.20. The Morgan fingerprint density at radius 3 is 2.41 bits per heavy atom. The number of likely N-dealkylation sites (tertiary alicyclic amines) is 1. The van der Waals surface area contributed by atoms with Crippen molar-refractivity contribution in [3.05, 3.63) is 69.2 Å². The SMILES string of the molecule is CSc1ccc(C=CC(=O)N2CCC(C(=O)N[C@@H](CNC(=O)c3cccc(C(F)(F)F)c3)C(=O)O)CC2)c(Cl)c1Cl. The maximum atomic E-state index is 12.9. The summed E-state index contributed by atoms with van der Waals surface area (Å²) in [5, 5.41) is 14.8. The highest BCUT2D eigenvalue weighted by atomic mass is 35.5. The summed E-state index contributed by atoms with van der Waals surface area (Å²) in [7, 11) is 0. The molecule has 0 aromatic heterocycles. The lowest BCUT2D eigenvalue weighted by Crippen LogP contribution is -2.51. The molecule has 3 N–H and O–H groups in total. The Bertz CT molecular complexity index is 1350. The number of alkyl halides is 3. The van der Waals surface area contributed by atoms with Gasteiger partial charge in [0.1, 0.15) is 6.04 Å². The highest BCUT2D eigenvalue weighted by Gasteiger charge is 2.32. The van der Waals surface area contributed by atoms with Gasteiger partial charge in [-0.3, -0.25) is 14.4 Å². The van der Waals surface area contributed by atoms with Crippen LogP contribution in [0.3, 0.4) is 0 Å². The predicted molar refractivity (Wildman–Crippen MR) is 150 cm³/mol. The molecule has 220 valence electrons. The monoisotopic (exact) mass is 631 g/mol. The zero-order valence-corrected chi connectivity index (χ0v) is 24.0. The third kappa shape index (κ3) is 8.64. The van der Waals surface area contributed by atoms with Gasteiger partial charge in [-0.2, -0.15) is 13.2 Å². The lowest BCUT2D eigenvalue weighted by Gasteiger charge is -2.31. The molecule has 2 aromatic carbocycles. The van der Waals surface area contributed by atoms with E-state index < -0.39 is 48.0 Å². The Balaban J connectivity index is 1.52. The van der Waals surface area contributed by atoms with Crippen molar-refractivity contribution in [3.63, 3.8) is 0 Å². The summed E-state index contributed by atoms with van der Waals surface area (Å²) in [6, 6.07) is 5.73. The van der Waals surface area contributed by atoms with E-state index in [1.54, 1.807) is 23.1 Å². The molecule has 0 bridgehead atoms. The quantitative estimate of drug-likeness (QED) is 0.265. The van der Waals surface area contributed by atoms with E-state index in [0.29, 0.717) is 21.7 Å². The van der Waals surface area contributed by atoms with Gasteiger partial charge in [0.2, 0.25) is 11.8 Å². The van der Waals surface area contributed by atoms with Gasteiger partial charge in [0.05, 0.1) is 15.6 Å². The summed E-state index contributed by atoms with van der Waals surface area (Å²) in [6.45, 7) is -0.0286. The van der Waals surface area contributed by atoms with Crippen LogP contribution in [0.15, 0.2) is 47.4 Å².